The van der Waals surface area contributed by atoms with Gasteiger partial charge in [-0.1, -0.05) is 13.3 Å². The Morgan fingerprint density at radius 1 is 1.39 bits per heavy atom. The van der Waals surface area contributed by atoms with E-state index in [1.165, 1.54) is 24.8 Å². The highest BCUT2D eigenvalue weighted by Crippen LogP contribution is 2.14. The topological polar surface area (TPSA) is 59.1 Å². The fourth-order valence-corrected chi connectivity index (χ4v) is 2.42. The van der Waals surface area contributed by atoms with Crippen molar-refractivity contribution >= 4 is 0 Å². The van der Waals surface area contributed by atoms with Crippen LogP contribution in [-0.4, -0.2) is 34.4 Å². The van der Waals surface area contributed by atoms with E-state index >= 15 is 0 Å². The molecule has 18 heavy (non-hydrogen) atoms. The number of aryl methyl sites for hydroxylation is 1. The highest BCUT2D eigenvalue weighted by molar-refractivity contribution is 5.10. The number of rotatable bonds is 6. The molecule has 0 radical (unpaired) electrons. The molecule has 102 valence electrons. The fraction of sp³-hybridized carbons (Fsp3) is 0.769. The van der Waals surface area contributed by atoms with Crippen LogP contribution < -0.4 is 11.2 Å². The van der Waals surface area contributed by atoms with Gasteiger partial charge in [0.15, 0.2) is 0 Å². The number of piperidine rings is 1. The largest absolute Gasteiger partial charge is 0.329 e. The molecule has 2 heterocycles. The summed E-state index contributed by atoms with van der Waals surface area (Å²) in [5.41, 5.74) is 10.6. The minimum absolute atomic E-state index is 0.189. The van der Waals surface area contributed by atoms with Gasteiger partial charge < -0.3 is 5.73 Å². The van der Waals surface area contributed by atoms with Gasteiger partial charge in [-0.3, -0.25) is 4.68 Å². The van der Waals surface area contributed by atoms with Gasteiger partial charge in [0, 0.05) is 37.9 Å². The Morgan fingerprint density at radius 3 is 2.83 bits per heavy atom. The molecule has 1 atom stereocenters. The summed E-state index contributed by atoms with van der Waals surface area (Å²) in [7, 11) is 0. The van der Waals surface area contributed by atoms with Crippen molar-refractivity contribution in [2.24, 2.45) is 5.73 Å². The molecule has 0 saturated carbocycles. The average Bonchev–Trinajstić information content (AvgIpc) is 2.86. The van der Waals surface area contributed by atoms with Crippen LogP contribution in [0.25, 0.3) is 0 Å². The number of hydrogen-bond donors (Lipinski definition) is 2. The van der Waals surface area contributed by atoms with Gasteiger partial charge in [0.2, 0.25) is 0 Å². The normalized spacial score (nSPS) is 19.0. The molecular formula is C13H25N5. The SMILES string of the molecule is CCCn1cc(C(CN)NN2CCCCC2)cn1. The Morgan fingerprint density at radius 2 is 2.17 bits per heavy atom. The molecule has 3 N–H and O–H groups in total. The Kier molecular flexibility index (Phi) is 5.16. The van der Waals surface area contributed by atoms with Gasteiger partial charge in [-0.2, -0.15) is 5.10 Å². The van der Waals surface area contributed by atoms with Crippen LogP contribution in [0.4, 0.5) is 0 Å². The van der Waals surface area contributed by atoms with Crippen molar-refractivity contribution in [1.29, 1.82) is 0 Å². The first-order valence-corrected chi connectivity index (χ1v) is 7.07. The minimum atomic E-state index is 0.189. The summed E-state index contributed by atoms with van der Waals surface area (Å²) in [6.45, 7) is 5.99. The van der Waals surface area contributed by atoms with E-state index < -0.39 is 0 Å². The lowest BCUT2D eigenvalue weighted by Crippen LogP contribution is -2.45. The maximum absolute atomic E-state index is 5.88. The van der Waals surface area contributed by atoms with Gasteiger partial charge in [-0.05, 0) is 19.3 Å². The molecule has 1 saturated heterocycles. The van der Waals surface area contributed by atoms with Gasteiger partial charge >= 0.3 is 0 Å². The summed E-state index contributed by atoms with van der Waals surface area (Å²) in [5.74, 6) is 0. The number of nitrogens with two attached hydrogens (primary N) is 1. The summed E-state index contributed by atoms with van der Waals surface area (Å²) in [4.78, 5) is 0. The van der Waals surface area contributed by atoms with Crippen LogP contribution in [0, 0.1) is 0 Å². The Hall–Kier alpha value is -0.910. The average molecular weight is 251 g/mol. The molecule has 1 unspecified atom stereocenters. The Bertz CT molecular complexity index is 343. The zero-order chi connectivity index (χ0) is 12.8. The van der Waals surface area contributed by atoms with E-state index in [1.807, 2.05) is 10.9 Å². The van der Waals surface area contributed by atoms with Crippen LogP contribution in [0.1, 0.15) is 44.2 Å². The van der Waals surface area contributed by atoms with Crippen LogP contribution in [0.5, 0.6) is 0 Å². The molecule has 1 aromatic heterocycles. The van der Waals surface area contributed by atoms with Crippen molar-refractivity contribution in [1.82, 2.24) is 20.2 Å². The van der Waals surface area contributed by atoms with Crippen molar-refractivity contribution in [2.75, 3.05) is 19.6 Å². The number of nitrogens with one attached hydrogen (secondary N) is 1. The quantitative estimate of drug-likeness (QED) is 0.799. The summed E-state index contributed by atoms with van der Waals surface area (Å²) >= 11 is 0. The number of aromatic nitrogens is 2. The van der Waals surface area contributed by atoms with E-state index in [2.05, 4.69) is 28.7 Å². The Balaban J connectivity index is 1.93. The molecule has 2 rings (SSSR count). The van der Waals surface area contributed by atoms with E-state index in [1.54, 1.807) is 0 Å². The highest BCUT2D eigenvalue weighted by atomic mass is 15.5. The van der Waals surface area contributed by atoms with Crippen molar-refractivity contribution in [3.8, 4) is 0 Å². The summed E-state index contributed by atoms with van der Waals surface area (Å²) < 4.78 is 2.00. The monoisotopic (exact) mass is 251 g/mol. The fourth-order valence-electron chi connectivity index (χ4n) is 2.42. The molecule has 5 nitrogen and oxygen atoms in total. The van der Waals surface area contributed by atoms with Gasteiger partial charge in [0.05, 0.1) is 12.2 Å². The zero-order valence-electron chi connectivity index (χ0n) is 11.3. The lowest BCUT2D eigenvalue weighted by Gasteiger charge is -2.30. The summed E-state index contributed by atoms with van der Waals surface area (Å²) in [6.07, 6.45) is 9.05. The second-order valence-electron chi connectivity index (χ2n) is 5.00. The van der Waals surface area contributed by atoms with Gasteiger partial charge in [0.25, 0.3) is 0 Å². The molecule has 1 aliphatic rings. The highest BCUT2D eigenvalue weighted by Gasteiger charge is 2.17. The maximum atomic E-state index is 5.88. The van der Waals surface area contributed by atoms with Crippen LogP contribution in [-0.2, 0) is 6.54 Å². The Labute approximate surface area is 109 Å². The third-order valence-corrected chi connectivity index (χ3v) is 3.44. The standard InChI is InChI=1S/C13H25N5/c1-2-6-18-11-12(10-15-18)13(9-14)16-17-7-4-3-5-8-17/h10-11,13,16H,2-9,14H2,1H3. The van der Waals surface area contributed by atoms with E-state index in [0.717, 1.165) is 26.1 Å². The first kappa shape index (κ1) is 13.5. The third kappa shape index (κ3) is 3.54. The van der Waals surface area contributed by atoms with E-state index in [-0.39, 0.29) is 6.04 Å². The zero-order valence-corrected chi connectivity index (χ0v) is 11.3. The molecular weight excluding hydrogens is 226 g/mol. The number of hydrazine groups is 1. The summed E-state index contributed by atoms with van der Waals surface area (Å²) in [6, 6.07) is 0.189. The number of nitrogens with zero attached hydrogens (tertiary/aromatic N) is 3. The van der Waals surface area contributed by atoms with Crippen LogP contribution >= 0.6 is 0 Å². The first-order chi connectivity index (χ1) is 8.83. The molecule has 0 amide bonds. The molecule has 5 heteroatoms. The molecule has 1 fully saturated rings. The van der Waals surface area contributed by atoms with Gasteiger partial charge in [0.1, 0.15) is 0 Å². The van der Waals surface area contributed by atoms with E-state index in [9.17, 15) is 0 Å². The molecule has 0 bridgehead atoms. The van der Waals surface area contributed by atoms with Crippen LogP contribution in [0.2, 0.25) is 0 Å². The van der Waals surface area contributed by atoms with Crippen LogP contribution in [0.3, 0.4) is 0 Å². The lowest BCUT2D eigenvalue weighted by molar-refractivity contribution is 0.130. The third-order valence-electron chi connectivity index (χ3n) is 3.44. The van der Waals surface area contributed by atoms with Crippen molar-refractivity contribution in [3.05, 3.63) is 18.0 Å². The number of hydrogen-bond acceptors (Lipinski definition) is 4. The van der Waals surface area contributed by atoms with Crippen molar-refractivity contribution in [2.45, 2.75) is 45.2 Å². The predicted molar refractivity (Wildman–Crippen MR) is 72.9 cm³/mol. The predicted octanol–water partition coefficient (Wildman–Crippen LogP) is 1.28. The molecule has 0 aliphatic carbocycles. The lowest BCUT2D eigenvalue weighted by atomic mass is 10.1. The first-order valence-electron chi connectivity index (χ1n) is 7.07. The maximum Gasteiger partial charge on any atom is 0.0617 e. The van der Waals surface area contributed by atoms with Gasteiger partial charge in [-0.15, -0.1) is 0 Å². The summed E-state index contributed by atoms with van der Waals surface area (Å²) in [5, 5.41) is 6.67. The molecule has 1 aromatic rings. The van der Waals surface area contributed by atoms with Crippen LogP contribution in [0.15, 0.2) is 12.4 Å². The van der Waals surface area contributed by atoms with E-state index in [4.69, 9.17) is 5.73 Å². The van der Waals surface area contributed by atoms with Crippen molar-refractivity contribution in [3.63, 3.8) is 0 Å². The second kappa shape index (κ2) is 6.87. The molecule has 1 aliphatic heterocycles. The smallest absolute Gasteiger partial charge is 0.0617 e. The second-order valence-corrected chi connectivity index (χ2v) is 5.00. The minimum Gasteiger partial charge on any atom is -0.329 e. The molecule has 0 aromatic carbocycles. The van der Waals surface area contributed by atoms with E-state index in [0.29, 0.717) is 6.54 Å². The van der Waals surface area contributed by atoms with Crippen molar-refractivity contribution < 1.29 is 0 Å². The van der Waals surface area contributed by atoms with Gasteiger partial charge in [-0.25, -0.2) is 10.4 Å². The molecule has 0 spiro atoms.